The van der Waals surface area contributed by atoms with Crippen LogP contribution < -0.4 is 10.1 Å². The quantitative estimate of drug-likeness (QED) is 0.611. The maximum Gasteiger partial charge on any atom is 0.258 e. The Kier molecular flexibility index (Phi) is 4.04. The van der Waals surface area contributed by atoms with E-state index >= 15 is 0 Å². The summed E-state index contributed by atoms with van der Waals surface area (Å²) >= 11 is 0. The number of carbonyl (C=O) groups excluding carboxylic acids is 1. The van der Waals surface area contributed by atoms with Crippen molar-refractivity contribution in [2.75, 3.05) is 6.61 Å². The van der Waals surface area contributed by atoms with E-state index in [1.165, 1.54) is 0 Å². The molecule has 1 amide bonds. The highest BCUT2D eigenvalue weighted by molar-refractivity contribution is 5.84. The lowest BCUT2D eigenvalue weighted by Crippen LogP contribution is -2.28. The molecule has 1 N–H and O–H groups in total. The minimum atomic E-state index is -0.176. The Hall–Kier alpha value is -3.34. The molecular formula is C20H17N3O2. The second-order valence-electron chi connectivity index (χ2n) is 5.77. The minimum absolute atomic E-state index is 0.0221. The van der Waals surface area contributed by atoms with Gasteiger partial charge in [0, 0.05) is 12.4 Å². The molecule has 124 valence electrons. The van der Waals surface area contributed by atoms with E-state index in [0.717, 1.165) is 22.1 Å². The van der Waals surface area contributed by atoms with Gasteiger partial charge in [-0.3, -0.25) is 4.79 Å². The number of nitrogens with one attached hydrogen (secondary N) is 1. The monoisotopic (exact) mass is 331 g/mol. The molecule has 0 radical (unpaired) electrons. The zero-order chi connectivity index (χ0) is 17.1. The number of nitrogens with zero attached hydrogens (tertiary/aromatic N) is 2. The summed E-state index contributed by atoms with van der Waals surface area (Å²) in [7, 11) is 0. The van der Waals surface area contributed by atoms with Gasteiger partial charge in [0.1, 0.15) is 11.4 Å². The summed E-state index contributed by atoms with van der Waals surface area (Å²) in [6, 6.07) is 19.6. The molecule has 2 aromatic heterocycles. The lowest BCUT2D eigenvalue weighted by Gasteiger charge is -2.07. The SMILES string of the molecule is O=C(COc1ccc2ccccc2c1)NCc1cn2ccccc2n1. The van der Waals surface area contributed by atoms with Crippen LogP contribution in [0, 0.1) is 0 Å². The van der Waals surface area contributed by atoms with Crippen molar-refractivity contribution in [3.8, 4) is 5.75 Å². The maximum absolute atomic E-state index is 12.0. The van der Waals surface area contributed by atoms with E-state index in [1.807, 2.05) is 77.5 Å². The summed E-state index contributed by atoms with van der Waals surface area (Å²) < 4.78 is 7.51. The van der Waals surface area contributed by atoms with Crippen molar-refractivity contribution in [3.63, 3.8) is 0 Å². The summed E-state index contributed by atoms with van der Waals surface area (Å²) in [5.74, 6) is 0.506. The number of amides is 1. The topological polar surface area (TPSA) is 55.6 Å². The normalized spacial score (nSPS) is 10.9. The fraction of sp³-hybridized carbons (Fsp3) is 0.100. The molecule has 5 heteroatoms. The summed E-state index contributed by atoms with van der Waals surface area (Å²) in [5, 5.41) is 5.06. The fourth-order valence-electron chi connectivity index (χ4n) is 2.72. The Morgan fingerprint density at radius 1 is 1.04 bits per heavy atom. The van der Waals surface area contributed by atoms with Gasteiger partial charge >= 0.3 is 0 Å². The molecule has 4 aromatic rings. The molecule has 5 nitrogen and oxygen atoms in total. The van der Waals surface area contributed by atoms with Gasteiger partial charge in [-0.15, -0.1) is 0 Å². The second-order valence-corrected chi connectivity index (χ2v) is 5.77. The van der Waals surface area contributed by atoms with Crippen LogP contribution in [-0.2, 0) is 11.3 Å². The molecule has 0 aliphatic rings. The first-order valence-corrected chi connectivity index (χ1v) is 8.09. The van der Waals surface area contributed by atoms with Gasteiger partial charge in [0.2, 0.25) is 0 Å². The van der Waals surface area contributed by atoms with E-state index in [1.54, 1.807) is 0 Å². The van der Waals surface area contributed by atoms with Gasteiger partial charge in [-0.1, -0.05) is 36.4 Å². The Morgan fingerprint density at radius 3 is 2.76 bits per heavy atom. The summed E-state index contributed by atoms with van der Waals surface area (Å²) in [4.78, 5) is 16.4. The third-order valence-corrected chi connectivity index (χ3v) is 3.97. The van der Waals surface area contributed by atoms with Crippen molar-refractivity contribution in [1.82, 2.24) is 14.7 Å². The van der Waals surface area contributed by atoms with Gasteiger partial charge in [-0.2, -0.15) is 0 Å². The first kappa shape index (κ1) is 15.2. The molecular weight excluding hydrogens is 314 g/mol. The van der Waals surface area contributed by atoms with E-state index in [4.69, 9.17) is 4.74 Å². The number of benzene rings is 2. The largest absolute Gasteiger partial charge is 0.484 e. The Morgan fingerprint density at radius 2 is 1.88 bits per heavy atom. The van der Waals surface area contributed by atoms with E-state index in [2.05, 4.69) is 10.3 Å². The average Bonchev–Trinajstić information content (AvgIpc) is 3.07. The zero-order valence-electron chi connectivity index (χ0n) is 13.6. The van der Waals surface area contributed by atoms with Gasteiger partial charge in [-0.05, 0) is 35.0 Å². The lowest BCUT2D eigenvalue weighted by molar-refractivity contribution is -0.123. The Balaban J connectivity index is 1.33. The molecule has 0 atom stereocenters. The number of carbonyl (C=O) groups is 1. The first-order valence-electron chi connectivity index (χ1n) is 8.09. The minimum Gasteiger partial charge on any atom is -0.484 e. The van der Waals surface area contributed by atoms with Crippen LogP contribution in [0.5, 0.6) is 5.75 Å². The zero-order valence-corrected chi connectivity index (χ0v) is 13.6. The van der Waals surface area contributed by atoms with Crippen LogP contribution in [0.2, 0.25) is 0 Å². The number of rotatable bonds is 5. The summed E-state index contributed by atoms with van der Waals surface area (Å²) in [6.07, 6.45) is 3.83. The molecule has 0 bridgehead atoms. The predicted octanol–water partition coefficient (Wildman–Crippen LogP) is 3.18. The van der Waals surface area contributed by atoms with Gasteiger partial charge in [-0.25, -0.2) is 4.98 Å². The predicted molar refractivity (Wildman–Crippen MR) is 96.5 cm³/mol. The number of ether oxygens (including phenoxy) is 1. The van der Waals surface area contributed by atoms with Crippen LogP contribution in [0.3, 0.4) is 0 Å². The van der Waals surface area contributed by atoms with Crippen molar-refractivity contribution >= 4 is 22.3 Å². The van der Waals surface area contributed by atoms with Gasteiger partial charge in [0.15, 0.2) is 6.61 Å². The lowest BCUT2D eigenvalue weighted by atomic mass is 10.1. The van der Waals surface area contributed by atoms with E-state index in [9.17, 15) is 4.79 Å². The van der Waals surface area contributed by atoms with Crippen LogP contribution in [-0.4, -0.2) is 21.9 Å². The van der Waals surface area contributed by atoms with E-state index in [0.29, 0.717) is 12.3 Å². The van der Waals surface area contributed by atoms with Crippen LogP contribution >= 0.6 is 0 Å². The molecule has 0 fully saturated rings. The molecule has 0 saturated heterocycles. The van der Waals surface area contributed by atoms with Crippen molar-refractivity contribution in [2.24, 2.45) is 0 Å². The first-order chi connectivity index (χ1) is 12.3. The van der Waals surface area contributed by atoms with E-state index in [-0.39, 0.29) is 12.5 Å². The van der Waals surface area contributed by atoms with Crippen LogP contribution in [0.1, 0.15) is 5.69 Å². The fourth-order valence-corrected chi connectivity index (χ4v) is 2.72. The van der Waals surface area contributed by atoms with Gasteiger partial charge in [0.05, 0.1) is 12.2 Å². The Labute approximate surface area is 144 Å². The van der Waals surface area contributed by atoms with Crippen molar-refractivity contribution in [2.45, 2.75) is 6.54 Å². The molecule has 4 rings (SSSR count). The standard InChI is InChI=1S/C20H17N3O2/c24-20(21-12-17-13-23-10-4-3-7-19(23)22-17)14-25-18-9-8-15-5-1-2-6-16(15)11-18/h1-11,13H,12,14H2,(H,21,24). The molecule has 2 heterocycles. The third kappa shape index (κ3) is 3.45. The number of imidazole rings is 1. The number of pyridine rings is 1. The summed E-state index contributed by atoms with van der Waals surface area (Å²) in [5.41, 5.74) is 1.67. The van der Waals surface area contributed by atoms with E-state index < -0.39 is 0 Å². The van der Waals surface area contributed by atoms with Crippen LogP contribution in [0.4, 0.5) is 0 Å². The highest BCUT2D eigenvalue weighted by atomic mass is 16.5. The molecule has 0 unspecified atom stereocenters. The molecule has 0 aliphatic carbocycles. The highest BCUT2D eigenvalue weighted by Crippen LogP contribution is 2.20. The average molecular weight is 331 g/mol. The van der Waals surface area contributed by atoms with Crippen molar-refractivity contribution < 1.29 is 9.53 Å². The van der Waals surface area contributed by atoms with Crippen molar-refractivity contribution in [1.29, 1.82) is 0 Å². The molecule has 0 spiro atoms. The second kappa shape index (κ2) is 6.65. The number of aromatic nitrogens is 2. The molecule has 2 aromatic carbocycles. The van der Waals surface area contributed by atoms with Crippen LogP contribution in [0.15, 0.2) is 73.1 Å². The third-order valence-electron chi connectivity index (χ3n) is 3.97. The van der Waals surface area contributed by atoms with Gasteiger partial charge in [0.25, 0.3) is 5.91 Å². The highest BCUT2D eigenvalue weighted by Gasteiger charge is 2.06. The van der Waals surface area contributed by atoms with Gasteiger partial charge < -0.3 is 14.5 Å². The number of fused-ring (bicyclic) bond motifs is 2. The summed E-state index contributed by atoms with van der Waals surface area (Å²) in [6.45, 7) is 0.354. The maximum atomic E-state index is 12.0. The number of hydrogen-bond donors (Lipinski definition) is 1. The Bertz CT molecular complexity index is 1010. The number of hydrogen-bond acceptors (Lipinski definition) is 3. The molecule has 0 saturated carbocycles. The molecule has 25 heavy (non-hydrogen) atoms. The molecule has 0 aliphatic heterocycles. The smallest absolute Gasteiger partial charge is 0.258 e. The van der Waals surface area contributed by atoms with Crippen molar-refractivity contribution in [3.05, 3.63) is 78.8 Å². The van der Waals surface area contributed by atoms with Crippen LogP contribution in [0.25, 0.3) is 16.4 Å².